The number of amides is 4. The van der Waals surface area contributed by atoms with Gasteiger partial charge in [0.05, 0.1) is 0 Å². The van der Waals surface area contributed by atoms with Crippen LogP contribution in [0.4, 0.5) is 4.79 Å². The largest absolute Gasteiger partial charge is 0.351 e. The fourth-order valence-electron chi connectivity index (χ4n) is 2.94. The first-order valence-corrected chi connectivity index (χ1v) is 7.10. The normalized spacial score (nSPS) is 22.2. The van der Waals surface area contributed by atoms with E-state index in [1.807, 2.05) is 29.9 Å². The van der Waals surface area contributed by atoms with Crippen LogP contribution in [0.1, 0.15) is 31.4 Å². The van der Waals surface area contributed by atoms with Crippen molar-refractivity contribution in [2.45, 2.75) is 31.7 Å². The van der Waals surface area contributed by atoms with Gasteiger partial charge in [-0.3, -0.25) is 19.8 Å². The van der Waals surface area contributed by atoms with E-state index in [-0.39, 0.29) is 11.6 Å². The molecule has 0 aromatic carbocycles. The van der Waals surface area contributed by atoms with Gasteiger partial charge in [0, 0.05) is 25.0 Å². The van der Waals surface area contributed by atoms with Gasteiger partial charge in [-0.25, -0.2) is 4.79 Å². The van der Waals surface area contributed by atoms with Crippen molar-refractivity contribution in [2.24, 2.45) is 7.05 Å². The van der Waals surface area contributed by atoms with Crippen LogP contribution in [0, 0.1) is 0 Å². The number of nitrogens with one attached hydrogen (secondary N) is 1. The summed E-state index contributed by atoms with van der Waals surface area (Å²) in [7, 11) is 1.83. The second-order valence-electron chi connectivity index (χ2n) is 5.47. The Balaban J connectivity index is 1.94. The predicted molar refractivity (Wildman–Crippen MR) is 76.0 cm³/mol. The van der Waals surface area contributed by atoms with Crippen LogP contribution in [-0.4, -0.2) is 33.4 Å². The molecule has 1 aliphatic carbocycles. The van der Waals surface area contributed by atoms with Crippen molar-refractivity contribution in [3.8, 4) is 0 Å². The summed E-state index contributed by atoms with van der Waals surface area (Å²) in [6, 6.07) is 2.95. The minimum Gasteiger partial charge on any atom is -0.351 e. The molecule has 1 aromatic heterocycles. The van der Waals surface area contributed by atoms with Gasteiger partial charge in [0.1, 0.15) is 5.57 Å². The quantitative estimate of drug-likeness (QED) is 0.660. The Bertz CT molecular complexity index is 638. The van der Waals surface area contributed by atoms with Crippen LogP contribution >= 0.6 is 0 Å². The zero-order chi connectivity index (χ0) is 15.0. The van der Waals surface area contributed by atoms with Gasteiger partial charge in [-0.1, -0.05) is 12.8 Å². The summed E-state index contributed by atoms with van der Waals surface area (Å²) in [4.78, 5) is 37.7. The van der Waals surface area contributed by atoms with Crippen molar-refractivity contribution in [1.82, 2.24) is 14.8 Å². The summed E-state index contributed by atoms with van der Waals surface area (Å²) in [6.07, 6.45) is 7.00. The number of carbonyl (C=O) groups is 3. The molecular formula is C15H17N3O3. The smallest absolute Gasteiger partial charge is 0.331 e. The van der Waals surface area contributed by atoms with E-state index in [0.29, 0.717) is 0 Å². The van der Waals surface area contributed by atoms with Crippen LogP contribution < -0.4 is 5.32 Å². The Kier molecular flexibility index (Phi) is 3.37. The lowest BCUT2D eigenvalue weighted by atomic mass is 10.1. The van der Waals surface area contributed by atoms with E-state index in [1.165, 1.54) is 11.0 Å². The van der Waals surface area contributed by atoms with Crippen LogP contribution in [0.5, 0.6) is 0 Å². The maximum absolute atomic E-state index is 12.5. The Morgan fingerprint density at radius 3 is 2.57 bits per heavy atom. The highest BCUT2D eigenvalue weighted by Gasteiger charge is 2.40. The second kappa shape index (κ2) is 5.20. The molecule has 2 fully saturated rings. The van der Waals surface area contributed by atoms with Gasteiger partial charge in [0.25, 0.3) is 11.8 Å². The van der Waals surface area contributed by atoms with Crippen molar-refractivity contribution in [3.63, 3.8) is 0 Å². The molecule has 1 aliphatic heterocycles. The third-order valence-electron chi connectivity index (χ3n) is 4.10. The van der Waals surface area contributed by atoms with Gasteiger partial charge in [0.2, 0.25) is 0 Å². The molecule has 2 heterocycles. The van der Waals surface area contributed by atoms with Crippen molar-refractivity contribution in [3.05, 3.63) is 29.6 Å². The second-order valence-corrected chi connectivity index (χ2v) is 5.47. The SMILES string of the molecule is Cn1cccc1/C=C1/C(=O)NC(=O)N(C2CCCC2)C1=O. The summed E-state index contributed by atoms with van der Waals surface area (Å²) in [5, 5.41) is 2.27. The number of nitrogens with zero attached hydrogens (tertiary/aromatic N) is 2. The van der Waals surface area contributed by atoms with Crippen LogP contribution in [0.15, 0.2) is 23.9 Å². The number of carbonyl (C=O) groups excluding carboxylic acids is 3. The van der Waals surface area contributed by atoms with Crippen LogP contribution in [0.2, 0.25) is 0 Å². The Labute approximate surface area is 122 Å². The molecule has 4 amide bonds. The molecule has 0 radical (unpaired) electrons. The first kappa shape index (κ1) is 13.6. The van der Waals surface area contributed by atoms with Gasteiger partial charge in [-0.05, 0) is 31.1 Å². The number of barbiturate groups is 1. The lowest BCUT2D eigenvalue weighted by molar-refractivity contribution is -0.131. The number of rotatable bonds is 2. The highest BCUT2D eigenvalue weighted by atomic mass is 16.2. The average molecular weight is 287 g/mol. The van der Waals surface area contributed by atoms with Crippen molar-refractivity contribution < 1.29 is 14.4 Å². The topological polar surface area (TPSA) is 71.4 Å². The van der Waals surface area contributed by atoms with Crippen LogP contribution in [-0.2, 0) is 16.6 Å². The molecule has 1 saturated carbocycles. The zero-order valence-electron chi connectivity index (χ0n) is 11.8. The maximum Gasteiger partial charge on any atom is 0.331 e. The third kappa shape index (κ3) is 2.37. The van der Waals surface area contributed by atoms with E-state index < -0.39 is 17.8 Å². The van der Waals surface area contributed by atoms with Gasteiger partial charge in [-0.15, -0.1) is 0 Å². The number of hydrogen-bond acceptors (Lipinski definition) is 3. The number of hydrogen-bond donors (Lipinski definition) is 1. The summed E-state index contributed by atoms with van der Waals surface area (Å²) in [6.45, 7) is 0. The van der Waals surface area contributed by atoms with E-state index in [1.54, 1.807) is 0 Å². The van der Waals surface area contributed by atoms with Gasteiger partial charge in [0.15, 0.2) is 0 Å². The van der Waals surface area contributed by atoms with Gasteiger partial charge in [-0.2, -0.15) is 0 Å². The molecule has 1 N–H and O–H groups in total. The first-order chi connectivity index (χ1) is 10.1. The summed E-state index contributed by atoms with van der Waals surface area (Å²) in [5.74, 6) is -1.11. The van der Waals surface area contributed by atoms with Crippen LogP contribution in [0.3, 0.4) is 0 Å². The molecule has 6 nitrogen and oxygen atoms in total. The van der Waals surface area contributed by atoms with E-state index in [9.17, 15) is 14.4 Å². The van der Waals surface area contributed by atoms with Gasteiger partial charge >= 0.3 is 6.03 Å². The van der Waals surface area contributed by atoms with Crippen molar-refractivity contribution in [2.75, 3.05) is 0 Å². The molecule has 21 heavy (non-hydrogen) atoms. The summed E-state index contributed by atoms with van der Waals surface area (Å²) < 4.78 is 1.81. The van der Waals surface area contributed by atoms with Crippen molar-refractivity contribution >= 4 is 23.9 Å². The fraction of sp³-hybridized carbons (Fsp3) is 0.400. The number of imide groups is 2. The van der Waals surface area contributed by atoms with E-state index in [2.05, 4.69) is 5.32 Å². The standard InChI is InChI=1S/C15H17N3O3/c1-17-8-4-7-11(17)9-12-13(19)16-15(21)18(14(12)20)10-5-2-3-6-10/h4,7-10H,2-3,5-6H2,1H3,(H,16,19,21)/b12-9-. The molecule has 0 bridgehead atoms. The molecule has 0 atom stereocenters. The number of urea groups is 1. The lowest BCUT2D eigenvalue weighted by Crippen LogP contribution is -2.57. The molecule has 6 heteroatoms. The fourth-order valence-corrected chi connectivity index (χ4v) is 2.94. The maximum atomic E-state index is 12.5. The Morgan fingerprint density at radius 1 is 1.24 bits per heavy atom. The number of aryl methyl sites for hydroxylation is 1. The zero-order valence-corrected chi connectivity index (χ0v) is 11.8. The van der Waals surface area contributed by atoms with Crippen molar-refractivity contribution in [1.29, 1.82) is 0 Å². The Hall–Kier alpha value is -2.37. The third-order valence-corrected chi connectivity index (χ3v) is 4.10. The molecule has 0 spiro atoms. The molecule has 2 aliphatic rings. The molecular weight excluding hydrogens is 270 g/mol. The first-order valence-electron chi connectivity index (χ1n) is 7.10. The molecule has 1 saturated heterocycles. The molecule has 1 aromatic rings. The average Bonchev–Trinajstić information content (AvgIpc) is 3.07. The highest BCUT2D eigenvalue weighted by Crippen LogP contribution is 2.27. The van der Waals surface area contributed by atoms with E-state index in [4.69, 9.17) is 0 Å². The van der Waals surface area contributed by atoms with Crippen LogP contribution in [0.25, 0.3) is 6.08 Å². The minimum atomic E-state index is -0.625. The highest BCUT2D eigenvalue weighted by molar-refractivity contribution is 6.31. The monoisotopic (exact) mass is 287 g/mol. The lowest BCUT2D eigenvalue weighted by Gasteiger charge is -2.31. The van der Waals surface area contributed by atoms with E-state index >= 15 is 0 Å². The summed E-state index contributed by atoms with van der Waals surface area (Å²) in [5.41, 5.74) is 0.762. The molecule has 110 valence electrons. The van der Waals surface area contributed by atoms with E-state index in [0.717, 1.165) is 31.4 Å². The summed E-state index contributed by atoms with van der Waals surface area (Å²) >= 11 is 0. The predicted octanol–water partition coefficient (Wildman–Crippen LogP) is 1.43. The van der Waals surface area contributed by atoms with Gasteiger partial charge < -0.3 is 4.57 Å². The Morgan fingerprint density at radius 2 is 1.95 bits per heavy atom. The number of aromatic nitrogens is 1. The molecule has 3 rings (SSSR count). The molecule has 0 unspecified atom stereocenters. The minimum absolute atomic E-state index is 0.0169.